The van der Waals surface area contributed by atoms with Gasteiger partial charge in [0.1, 0.15) is 0 Å². The van der Waals surface area contributed by atoms with Crippen molar-refractivity contribution in [2.24, 2.45) is 0 Å². The van der Waals surface area contributed by atoms with E-state index in [1.54, 1.807) is 0 Å². The van der Waals surface area contributed by atoms with E-state index in [-0.39, 0.29) is 0 Å². The highest BCUT2D eigenvalue weighted by atomic mass is 15.2. The monoisotopic (exact) mass is 880 g/mol. The third-order valence-electron chi connectivity index (χ3n) is 13.7. The molecule has 4 aromatic heterocycles. The number of para-hydroxylation sites is 5. The second-order valence-electron chi connectivity index (χ2n) is 17.6. The summed E-state index contributed by atoms with van der Waals surface area (Å²) >= 11 is 0. The first-order valence-electron chi connectivity index (χ1n) is 23.4. The van der Waals surface area contributed by atoms with Gasteiger partial charge in [0.05, 0.1) is 38.8 Å². The molecule has 0 saturated carbocycles. The summed E-state index contributed by atoms with van der Waals surface area (Å²) in [4.78, 5) is 16.2. The summed E-state index contributed by atoms with van der Waals surface area (Å²) in [5.74, 6) is 1.73. The van der Waals surface area contributed by atoms with E-state index in [4.69, 9.17) is 15.0 Å². The maximum atomic E-state index is 5.50. The molecule has 0 unspecified atom stereocenters. The van der Waals surface area contributed by atoms with Crippen LogP contribution in [0.1, 0.15) is 0 Å². The Hall–Kier alpha value is -9.39. The first kappa shape index (κ1) is 38.8. The molecule has 322 valence electrons. The third-order valence-corrected chi connectivity index (χ3v) is 13.7. The molecule has 0 aliphatic heterocycles. The molecule has 0 aliphatic rings. The predicted molar refractivity (Wildman–Crippen MR) is 285 cm³/mol. The lowest BCUT2D eigenvalue weighted by Crippen LogP contribution is -2.08. The van der Waals surface area contributed by atoms with Gasteiger partial charge in [-0.3, -0.25) is 4.57 Å². The lowest BCUT2D eigenvalue weighted by Gasteiger charge is -2.16. The van der Waals surface area contributed by atoms with Crippen LogP contribution in [0.25, 0.3) is 128 Å². The zero-order valence-electron chi connectivity index (χ0n) is 37.3. The molecule has 14 aromatic rings. The highest BCUT2D eigenvalue weighted by Gasteiger charge is 2.27. The molecule has 10 aromatic carbocycles. The highest BCUT2D eigenvalue weighted by molar-refractivity contribution is 6.31. The maximum absolute atomic E-state index is 5.50. The van der Waals surface area contributed by atoms with Crippen molar-refractivity contribution in [3.05, 3.63) is 243 Å². The van der Waals surface area contributed by atoms with Gasteiger partial charge in [0, 0.05) is 49.1 Å². The first-order valence-corrected chi connectivity index (χ1v) is 23.4. The van der Waals surface area contributed by atoms with E-state index in [9.17, 15) is 0 Å². The molecule has 0 N–H and O–H groups in total. The second kappa shape index (κ2) is 15.6. The minimum absolute atomic E-state index is 0.540. The smallest absolute Gasteiger partial charge is 0.238 e. The van der Waals surface area contributed by atoms with Gasteiger partial charge in [-0.05, 0) is 70.8 Å². The molecule has 6 heteroatoms. The van der Waals surface area contributed by atoms with Gasteiger partial charge in [0.15, 0.2) is 11.6 Å². The number of aromatic nitrogens is 6. The van der Waals surface area contributed by atoms with Crippen LogP contribution >= 0.6 is 0 Å². The molecule has 69 heavy (non-hydrogen) atoms. The predicted octanol–water partition coefficient (Wildman–Crippen LogP) is 15.8. The maximum Gasteiger partial charge on any atom is 0.238 e. The van der Waals surface area contributed by atoms with Crippen LogP contribution in [0, 0.1) is 0 Å². The number of hydrogen-bond acceptors (Lipinski definition) is 3. The van der Waals surface area contributed by atoms with Crippen molar-refractivity contribution in [3.63, 3.8) is 0 Å². The summed E-state index contributed by atoms with van der Waals surface area (Å²) in [6.45, 7) is 0. The Kier molecular flexibility index (Phi) is 8.79. The van der Waals surface area contributed by atoms with Crippen LogP contribution < -0.4 is 0 Å². The molecule has 0 radical (unpaired) electrons. The zero-order valence-corrected chi connectivity index (χ0v) is 37.3. The molecule has 0 spiro atoms. The Labute approximate surface area is 397 Å². The van der Waals surface area contributed by atoms with Crippen LogP contribution in [0.15, 0.2) is 243 Å². The summed E-state index contributed by atoms with van der Waals surface area (Å²) in [6, 6.07) is 86.2. The quantitative estimate of drug-likeness (QED) is 0.160. The Morgan fingerprint density at radius 3 is 1.28 bits per heavy atom. The molecule has 6 nitrogen and oxygen atoms in total. The molecule has 0 fully saturated rings. The molecule has 14 rings (SSSR count). The van der Waals surface area contributed by atoms with E-state index in [1.165, 1.54) is 32.7 Å². The van der Waals surface area contributed by atoms with Crippen LogP contribution in [0.2, 0.25) is 0 Å². The Balaban J connectivity index is 1.08. The zero-order chi connectivity index (χ0) is 45.4. The summed E-state index contributed by atoms with van der Waals surface area (Å²) in [5, 5.41) is 6.98. The van der Waals surface area contributed by atoms with Crippen LogP contribution in [-0.2, 0) is 0 Å². The van der Waals surface area contributed by atoms with Gasteiger partial charge in [-0.15, -0.1) is 0 Å². The minimum Gasteiger partial charge on any atom is -0.309 e. The molecule has 0 atom stereocenters. The fraction of sp³-hybridized carbons (Fsp3) is 0. The summed E-state index contributed by atoms with van der Waals surface area (Å²) in [7, 11) is 0. The van der Waals surface area contributed by atoms with Crippen molar-refractivity contribution < 1.29 is 0 Å². The lowest BCUT2D eigenvalue weighted by molar-refractivity contribution is 0.950. The normalized spacial score (nSPS) is 11.8. The van der Waals surface area contributed by atoms with Gasteiger partial charge in [0.2, 0.25) is 5.95 Å². The van der Waals surface area contributed by atoms with Crippen molar-refractivity contribution in [1.29, 1.82) is 0 Å². The van der Waals surface area contributed by atoms with Gasteiger partial charge in [-0.25, -0.2) is 4.98 Å². The molecule has 0 amide bonds. The molecule has 4 heterocycles. The molecule has 0 aliphatic carbocycles. The van der Waals surface area contributed by atoms with Crippen molar-refractivity contribution in [1.82, 2.24) is 28.7 Å². The van der Waals surface area contributed by atoms with Gasteiger partial charge in [-0.1, -0.05) is 194 Å². The first-order chi connectivity index (χ1) is 34.2. The van der Waals surface area contributed by atoms with E-state index >= 15 is 0 Å². The summed E-state index contributed by atoms with van der Waals surface area (Å²) in [6.07, 6.45) is 0. The van der Waals surface area contributed by atoms with E-state index in [0.29, 0.717) is 17.6 Å². The lowest BCUT2D eigenvalue weighted by atomic mass is 9.98. The SMILES string of the molecule is c1ccc(-c2cccc(-c3ccc(-c4nc(-c5ccccc5)nc(-n5c6ccccc6c6c7c8ccccc8n(-c8ccccc8)c7cc(-n7c8ccccc8c8ccccc87)c65)n4)cc3)c2)cc1. The Morgan fingerprint density at radius 2 is 0.681 bits per heavy atom. The minimum atomic E-state index is 0.540. The van der Waals surface area contributed by atoms with E-state index in [1.807, 2.05) is 18.2 Å². The fourth-order valence-corrected chi connectivity index (χ4v) is 10.6. The van der Waals surface area contributed by atoms with Gasteiger partial charge in [0.25, 0.3) is 0 Å². The van der Waals surface area contributed by atoms with Crippen molar-refractivity contribution >= 4 is 65.4 Å². The van der Waals surface area contributed by atoms with E-state index in [0.717, 1.165) is 77.5 Å². The fourth-order valence-electron chi connectivity index (χ4n) is 10.6. The third kappa shape index (κ3) is 6.16. The second-order valence-corrected chi connectivity index (χ2v) is 17.6. The number of benzene rings is 10. The van der Waals surface area contributed by atoms with Crippen molar-refractivity contribution in [3.8, 4) is 62.4 Å². The van der Waals surface area contributed by atoms with E-state index < -0.39 is 0 Å². The number of nitrogens with zero attached hydrogens (tertiary/aromatic N) is 6. The van der Waals surface area contributed by atoms with Gasteiger partial charge >= 0.3 is 0 Å². The number of rotatable bonds is 7. The topological polar surface area (TPSA) is 53.5 Å². The number of hydrogen-bond donors (Lipinski definition) is 0. The Morgan fingerprint density at radius 1 is 0.261 bits per heavy atom. The van der Waals surface area contributed by atoms with Crippen molar-refractivity contribution in [2.75, 3.05) is 0 Å². The van der Waals surface area contributed by atoms with Crippen LogP contribution in [0.4, 0.5) is 0 Å². The standard InChI is InChI=1S/C63H40N6/c1-4-19-41(20-5-1)45-23-18-24-46(39-45)42-35-37-44(38-36-42)62-64-61(43-21-6-2-7-22-43)65-63(66-62)69-55-34-17-13-30-51(55)59-58-50-29-12-16-33-54(50)67(47-25-8-3-9-26-47)56(58)40-57(60(59)69)68-52-31-14-10-27-48(52)49-28-11-15-32-53(49)68/h1-40H. The average Bonchev–Trinajstić information content (AvgIpc) is 4.07. The molecule has 0 bridgehead atoms. The molecular formula is C63H40N6. The average molecular weight is 881 g/mol. The van der Waals surface area contributed by atoms with Crippen LogP contribution in [-0.4, -0.2) is 28.7 Å². The number of fused-ring (bicyclic) bond motifs is 10. The molecular weight excluding hydrogens is 841 g/mol. The largest absolute Gasteiger partial charge is 0.309 e. The van der Waals surface area contributed by atoms with Gasteiger partial charge in [-0.2, -0.15) is 9.97 Å². The summed E-state index contributed by atoms with van der Waals surface area (Å²) in [5.41, 5.74) is 15.1. The van der Waals surface area contributed by atoms with Crippen LogP contribution in [0.3, 0.4) is 0 Å². The Bertz CT molecular complexity index is 4230. The molecule has 0 saturated heterocycles. The van der Waals surface area contributed by atoms with Gasteiger partial charge < -0.3 is 9.13 Å². The highest BCUT2D eigenvalue weighted by Crippen LogP contribution is 2.46. The van der Waals surface area contributed by atoms with E-state index in [2.05, 4.69) is 238 Å². The van der Waals surface area contributed by atoms with Crippen LogP contribution in [0.5, 0.6) is 0 Å². The van der Waals surface area contributed by atoms with Crippen molar-refractivity contribution in [2.45, 2.75) is 0 Å². The summed E-state index contributed by atoms with van der Waals surface area (Å²) < 4.78 is 7.16.